The molecule has 0 spiro atoms. The summed E-state index contributed by atoms with van der Waals surface area (Å²) >= 11 is 0. The van der Waals surface area contributed by atoms with Crippen LogP contribution in [0.5, 0.6) is 0 Å². The Morgan fingerprint density at radius 2 is 2.15 bits per heavy atom. The lowest BCUT2D eigenvalue weighted by molar-refractivity contribution is 0.245. The smallest absolute Gasteiger partial charge is 0.105 e. The zero-order valence-corrected chi connectivity index (χ0v) is 8.18. The van der Waals surface area contributed by atoms with E-state index in [1.165, 1.54) is 0 Å². The van der Waals surface area contributed by atoms with Gasteiger partial charge in [-0.2, -0.15) is 0 Å². The van der Waals surface area contributed by atoms with Crippen molar-refractivity contribution in [2.75, 3.05) is 0 Å². The highest BCUT2D eigenvalue weighted by molar-refractivity contribution is 5.42. The van der Waals surface area contributed by atoms with E-state index >= 15 is 0 Å². The highest BCUT2D eigenvalue weighted by atomic mass is 16.3. The van der Waals surface area contributed by atoms with Crippen LogP contribution in [-0.4, -0.2) is 26.2 Å². The Hall–Kier alpha value is -1.16. The Bertz CT molecular complexity index is 289. The second kappa shape index (κ2) is 4.18. The van der Waals surface area contributed by atoms with Gasteiger partial charge in [-0.05, 0) is 26.8 Å². The highest BCUT2D eigenvalue weighted by Gasteiger charge is 2.00. The van der Waals surface area contributed by atoms with Gasteiger partial charge in [-0.25, -0.2) is 4.68 Å². The van der Waals surface area contributed by atoms with Crippen LogP contribution in [0.3, 0.4) is 0 Å². The molecule has 0 fully saturated rings. The standard InChI is InChI=1S/C9H15N3O/c1-7(2)12-6-9(10-11-12)5-4-8(3)13/h4-8,13H,1-3H3/b5-4+. The summed E-state index contributed by atoms with van der Waals surface area (Å²) in [5, 5.41) is 16.8. The van der Waals surface area contributed by atoms with Gasteiger partial charge in [0.15, 0.2) is 0 Å². The van der Waals surface area contributed by atoms with E-state index in [1.54, 1.807) is 23.8 Å². The molecule has 0 aromatic carbocycles. The number of nitrogens with zero attached hydrogens (tertiary/aromatic N) is 3. The predicted molar refractivity (Wildman–Crippen MR) is 51.1 cm³/mol. The van der Waals surface area contributed by atoms with Crippen molar-refractivity contribution in [3.8, 4) is 0 Å². The molecule has 0 aliphatic rings. The lowest BCUT2D eigenvalue weighted by Crippen LogP contribution is -2.00. The van der Waals surface area contributed by atoms with Crippen LogP contribution in [0.1, 0.15) is 32.5 Å². The van der Waals surface area contributed by atoms with Crippen LogP contribution >= 0.6 is 0 Å². The monoisotopic (exact) mass is 181 g/mol. The van der Waals surface area contributed by atoms with Gasteiger partial charge in [-0.15, -0.1) is 5.10 Å². The Morgan fingerprint density at radius 1 is 1.46 bits per heavy atom. The van der Waals surface area contributed by atoms with Crippen molar-refractivity contribution in [3.63, 3.8) is 0 Å². The first-order chi connectivity index (χ1) is 6.09. The minimum Gasteiger partial charge on any atom is -0.389 e. The number of hydrogen-bond donors (Lipinski definition) is 1. The van der Waals surface area contributed by atoms with Crippen LogP contribution in [-0.2, 0) is 0 Å². The Morgan fingerprint density at radius 3 is 2.62 bits per heavy atom. The first-order valence-electron chi connectivity index (χ1n) is 4.37. The molecule has 1 aromatic heterocycles. The van der Waals surface area contributed by atoms with Gasteiger partial charge in [0.2, 0.25) is 0 Å². The second-order valence-electron chi connectivity index (χ2n) is 3.32. The first kappa shape index (κ1) is 9.92. The number of aliphatic hydroxyl groups is 1. The van der Waals surface area contributed by atoms with E-state index in [1.807, 2.05) is 20.0 Å². The van der Waals surface area contributed by atoms with Crippen molar-refractivity contribution in [1.82, 2.24) is 15.0 Å². The third-order valence-electron chi connectivity index (χ3n) is 1.60. The molecule has 0 bridgehead atoms. The normalized spacial score (nSPS) is 14.2. The lowest BCUT2D eigenvalue weighted by Gasteiger charge is -2.00. The fourth-order valence-corrected chi connectivity index (χ4v) is 0.857. The summed E-state index contributed by atoms with van der Waals surface area (Å²) in [6.45, 7) is 5.77. The van der Waals surface area contributed by atoms with E-state index in [9.17, 15) is 0 Å². The largest absolute Gasteiger partial charge is 0.389 e. The number of rotatable bonds is 3. The molecule has 1 N–H and O–H groups in total. The fraction of sp³-hybridized carbons (Fsp3) is 0.556. The van der Waals surface area contributed by atoms with Crippen LogP contribution < -0.4 is 0 Å². The molecule has 0 aliphatic heterocycles. The number of aromatic nitrogens is 3. The van der Waals surface area contributed by atoms with Crippen LogP contribution in [0.4, 0.5) is 0 Å². The topological polar surface area (TPSA) is 50.9 Å². The molecule has 1 unspecified atom stereocenters. The molecule has 1 rings (SSSR count). The van der Waals surface area contributed by atoms with E-state index in [0.29, 0.717) is 6.04 Å². The van der Waals surface area contributed by atoms with Crippen molar-refractivity contribution in [3.05, 3.63) is 18.0 Å². The fourth-order valence-electron chi connectivity index (χ4n) is 0.857. The van der Waals surface area contributed by atoms with Crippen molar-refractivity contribution in [2.24, 2.45) is 0 Å². The summed E-state index contributed by atoms with van der Waals surface area (Å²) in [6.07, 6.45) is 4.85. The average molecular weight is 181 g/mol. The maximum absolute atomic E-state index is 8.99. The number of aliphatic hydroxyl groups excluding tert-OH is 1. The molecule has 13 heavy (non-hydrogen) atoms. The van der Waals surface area contributed by atoms with E-state index in [-0.39, 0.29) is 0 Å². The molecule has 1 atom stereocenters. The summed E-state index contributed by atoms with van der Waals surface area (Å²) in [4.78, 5) is 0. The quantitative estimate of drug-likeness (QED) is 0.763. The zero-order valence-electron chi connectivity index (χ0n) is 8.18. The zero-order chi connectivity index (χ0) is 9.84. The van der Waals surface area contributed by atoms with Gasteiger partial charge in [0.05, 0.1) is 12.3 Å². The minimum atomic E-state index is -0.441. The van der Waals surface area contributed by atoms with Crippen LogP contribution in [0.15, 0.2) is 12.3 Å². The van der Waals surface area contributed by atoms with Gasteiger partial charge < -0.3 is 5.11 Å². The van der Waals surface area contributed by atoms with E-state index in [4.69, 9.17) is 5.11 Å². The third kappa shape index (κ3) is 2.99. The molecule has 1 heterocycles. The van der Waals surface area contributed by atoms with Crippen molar-refractivity contribution < 1.29 is 5.11 Å². The predicted octanol–water partition coefficient (Wildman–Crippen LogP) is 1.25. The molecular weight excluding hydrogens is 166 g/mol. The lowest BCUT2D eigenvalue weighted by atomic mass is 10.3. The van der Waals surface area contributed by atoms with Gasteiger partial charge >= 0.3 is 0 Å². The molecular formula is C9H15N3O. The molecule has 0 amide bonds. The van der Waals surface area contributed by atoms with Gasteiger partial charge in [-0.3, -0.25) is 0 Å². The van der Waals surface area contributed by atoms with Crippen molar-refractivity contribution in [2.45, 2.75) is 32.9 Å². The SMILES string of the molecule is CC(O)/C=C/c1cn(C(C)C)nn1. The minimum absolute atomic E-state index is 0.321. The summed E-state index contributed by atoms with van der Waals surface area (Å²) in [5.74, 6) is 0. The summed E-state index contributed by atoms with van der Waals surface area (Å²) < 4.78 is 1.78. The summed E-state index contributed by atoms with van der Waals surface area (Å²) in [6, 6.07) is 0.321. The highest BCUT2D eigenvalue weighted by Crippen LogP contribution is 2.04. The molecule has 4 nitrogen and oxygen atoms in total. The molecule has 1 aromatic rings. The average Bonchev–Trinajstić information content (AvgIpc) is 2.48. The van der Waals surface area contributed by atoms with Gasteiger partial charge in [0.1, 0.15) is 5.69 Å². The maximum Gasteiger partial charge on any atom is 0.105 e. The second-order valence-corrected chi connectivity index (χ2v) is 3.32. The van der Waals surface area contributed by atoms with Crippen LogP contribution in [0.25, 0.3) is 6.08 Å². The first-order valence-corrected chi connectivity index (χ1v) is 4.37. The third-order valence-corrected chi connectivity index (χ3v) is 1.60. The molecule has 0 saturated heterocycles. The Kier molecular flexibility index (Phi) is 3.19. The summed E-state index contributed by atoms with van der Waals surface area (Å²) in [5.41, 5.74) is 0.773. The molecule has 72 valence electrons. The number of hydrogen-bond acceptors (Lipinski definition) is 3. The van der Waals surface area contributed by atoms with Gasteiger partial charge in [0.25, 0.3) is 0 Å². The molecule has 0 radical (unpaired) electrons. The van der Waals surface area contributed by atoms with E-state index < -0.39 is 6.10 Å². The van der Waals surface area contributed by atoms with Gasteiger partial charge in [-0.1, -0.05) is 11.3 Å². The van der Waals surface area contributed by atoms with Crippen molar-refractivity contribution >= 4 is 6.08 Å². The van der Waals surface area contributed by atoms with Crippen molar-refractivity contribution in [1.29, 1.82) is 0 Å². The van der Waals surface area contributed by atoms with E-state index in [2.05, 4.69) is 10.3 Å². The Balaban J connectivity index is 2.69. The summed E-state index contributed by atoms with van der Waals surface area (Å²) in [7, 11) is 0. The Labute approximate surface area is 77.9 Å². The van der Waals surface area contributed by atoms with Crippen LogP contribution in [0, 0.1) is 0 Å². The molecule has 4 heteroatoms. The molecule has 0 saturated carbocycles. The van der Waals surface area contributed by atoms with E-state index in [0.717, 1.165) is 5.69 Å². The van der Waals surface area contributed by atoms with Gasteiger partial charge in [0, 0.05) is 6.04 Å². The maximum atomic E-state index is 8.99. The van der Waals surface area contributed by atoms with Crippen LogP contribution in [0.2, 0.25) is 0 Å². The molecule has 0 aliphatic carbocycles.